The van der Waals surface area contributed by atoms with Gasteiger partial charge in [-0.3, -0.25) is 10.3 Å². The third kappa shape index (κ3) is 2.54. The zero-order valence-electron chi connectivity index (χ0n) is 11.3. The van der Waals surface area contributed by atoms with Gasteiger partial charge in [0.05, 0.1) is 18.9 Å². The molecule has 0 aliphatic carbocycles. The van der Waals surface area contributed by atoms with Gasteiger partial charge in [0.1, 0.15) is 6.17 Å². The molecule has 1 aromatic rings. The van der Waals surface area contributed by atoms with E-state index in [1.165, 1.54) is 0 Å². The molecule has 0 amide bonds. The largest absolute Gasteiger partial charge is 0.379 e. The van der Waals surface area contributed by atoms with E-state index in [1.54, 1.807) is 0 Å². The molecule has 1 saturated heterocycles. The first kappa shape index (κ1) is 12.4. The van der Waals surface area contributed by atoms with Crippen molar-refractivity contribution >= 4 is 5.84 Å². The Morgan fingerprint density at radius 1 is 1.32 bits per heavy atom. The summed E-state index contributed by atoms with van der Waals surface area (Å²) in [5.74, 6) is 0.829. The second kappa shape index (κ2) is 5.14. The number of aryl methyl sites for hydroxylation is 2. The maximum Gasteiger partial charge on any atom is 0.172 e. The molecule has 0 saturated carbocycles. The predicted molar refractivity (Wildman–Crippen MR) is 73.0 cm³/mol. The summed E-state index contributed by atoms with van der Waals surface area (Å²) in [6.45, 7) is 7.48. The Labute approximate surface area is 112 Å². The highest BCUT2D eigenvalue weighted by Crippen LogP contribution is 2.09. The highest BCUT2D eigenvalue weighted by atomic mass is 16.5. The predicted octanol–water partition coefficient (Wildman–Crippen LogP) is 0.479. The van der Waals surface area contributed by atoms with Crippen LogP contribution in [-0.4, -0.2) is 53.0 Å². The first-order valence-electron chi connectivity index (χ1n) is 6.61. The molecule has 19 heavy (non-hydrogen) atoms. The quantitative estimate of drug-likeness (QED) is 0.799. The van der Waals surface area contributed by atoms with Crippen LogP contribution in [0, 0.1) is 13.8 Å². The minimum Gasteiger partial charge on any atom is -0.379 e. The van der Waals surface area contributed by atoms with E-state index in [9.17, 15) is 0 Å². The highest BCUT2D eigenvalue weighted by molar-refractivity contribution is 5.95. The minimum absolute atomic E-state index is 0.157. The Morgan fingerprint density at radius 3 is 2.68 bits per heavy atom. The molecule has 0 bridgehead atoms. The van der Waals surface area contributed by atoms with E-state index in [0.717, 1.165) is 43.5 Å². The second-order valence-electron chi connectivity index (χ2n) is 4.89. The number of hydrogen-bond donors (Lipinski definition) is 1. The molecule has 102 valence electrons. The SMILES string of the molecule is Cc1cc(C)n(C2=NNC(N3CCOCC3)C=C2)n1. The van der Waals surface area contributed by atoms with Gasteiger partial charge in [0.25, 0.3) is 0 Å². The average Bonchev–Trinajstić information content (AvgIpc) is 2.79. The maximum atomic E-state index is 5.36. The molecule has 1 unspecified atom stereocenters. The number of hydrazone groups is 1. The van der Waals surface area contributed by atoms with Gasteiger partial charge < -0.3 is 4.74 Å². The highest BCUT2D eigenvalue weighted by Gasteiger charge is 2.21. The molecule has 0 spiro atoms. The maximum absolute atomic E-state index is 5.36. The Kier molecular flexibility index (Phi) is 3.35. The van der Waals surface area contributed by atoms with Gasteiger partial charge in [0.2, 0.25) is 0 Å². The van der Waals surface area contributed by atoms with E-state index in [-0.39, 0.29) is 6.17 Å². The van der Waals surface area contributed by atoms with E-state index in [2.05, 4.69) is 26.6 Å². The van der Waals surface area contributed by atoms with Gasteiger partial charge in [0.15, 0.2) is 5.84 Å². The summed E-state index contributed by atoms with van der Waals surface area (Å²) in [6, 6.07) is 2.05. The molecule has 2 aliphatic rings. The van der Waals surface area contributed by atoms with Crippen LogP contribution in [0.3, 0.4) is 0 Å². The molecule has 0 aromatic carbocycles. The lowest BCUT2D eigenvalue weighted by Gasteiger charge is -2.33. The molecule has 0 radical (unpaired) electrons. The Balaban J connectivity index is 1.70. The van der Waals surface area contributed by atoms with Gasteiger partial charge in [-0.05, 0) is 32.1 Å². The molecule has 3 heterocycles. The molecule has 1 N–H and O–H groups in total. The van der Waals surface area contributed by atoms with Gasteiger partial charge in [-0.2, -0.15) is 10.2 Å². The third-order valence-electron chi connectivity index (χ3n) is 3.40. The van der Waals surface area contributed by atoms with Crippen LogP contribution in [0.2, 0.25) is 0 Å². The summed E-state index contributed by atoms with van der Waals surface area (Å²) in [5.41, 5.74) is 5.28. The van der Waals surface area contributed by atoms with Crippen molar-refractivity contribution in [3.8, 4) is 0 Å². The molecular weight excluding hydrogens is 242 g/mol. The molecule has 6 nitrogen and oxygen atoms in total. The van der Waals surface area contributed by atoms with Crippen molar-refractivity contribution in [1.82, 2.24) is 20.1 Å². The zero-order chi connectivity index (χ0) is 13.2. The summed E-state index contributed by atoms with van der Waals surface area (Å²) in [7, 11) is 0. The standard InChI is InChI=1S/C13H19N5O/c1-10-9-11(2)18(16-10)13-4-3-12(14-15-13)17-5-7-19-8-6-17/h3-4,9,12,14H,5-8H2,1-2H3. The molecule has 3 rings (SSSR count). The van der Waals surface area contributed by atoms with E-state index >= 15 is 0 Å². The summed E-state index contributed by atoms with van der Waals surface area (Å²) >= 11 is 0. The number of aromatic nitrogens is 2. The number of hydrogen-bond acceptors (Lipinski definition) is 5. The summed E-state index contributed by atoms with van der Waals surface area (Å²) in [4.78, 5) is 2.32. The van der Waals surface area contributed by atoms with Crippen LogP contribution in [0.25, 0.3) is 0 Å². The van der Waals surface area contributed by atoms with Crippen molar-refractivity contribution < 1.29 is 4.74 Å². The number of allylic oxidation sites excluding steroid dienone is 1. The Hall–Kier alpha value is -1.66. The zero-order valence-corrected chi connectivity index (χ0v) is 11.3. The van der Waals surface area contributed by atoms with Crippen LogP contribution in [-0.2, 0) is 4.74 Å². The number of morpholine rings is 1. The number of rotatable bonds is 1. The molecule has 6 heteroatoms. The van der Waals surface area contributed by atoms with Gasteiger partial charge in [-0.25, -0.2) is 4.68 Å². The Bertz CT molecular complexity index is 513. The monoisotopic (exact) mass is 261 g/mol. The van der Waals surface area contributed by atoms with Crippen molar-refractivity contribution in [2.75, 3.05) is 26.3 Å². The van der Waals surface area contributed by atoms with Crippen molar-refractivity contribution in [3.63, 3.8) is 0 Å². The normalized spacial score (nSPS) is 24.1. The van der Waals surface area contributed by atoms with E-state index < -0.39 is 0 Å². The average molecular weight is 261 g/mol. The van der Waals surface area contributed by atoms with Crippen LogP contribution in [0.5, 0.6) is 0 Å². The van der Waals surface area contributed by atoms with Crippen LogP contribution in [0.4, 0.5) is 0 Å². The molecule has 2 aliphatic heterocycles. The Morgan fingerprint density at radius 2 is 2.11 bits per heavy atom. The van der Waals surface area contributed by atoms with Crippen LogP contribution >= 0.6 is 0 Å². The minimum atomic E-state index is 0.157. The first-order valence-corrected chi connectivity index (χ1v) is 6.61. The van der Waals surface area contributed by atoms with Crippen molar-refractivity contribution in [1.29, 1.82) is 0 Å². The van der Waals surface area contributed by atoms with Crippen LogP contribution in [0.1, 0.15) is 11.4 Å². The number of nitrogens with one attached hydrogen (secondary N) is 1. The lowest BCUT2D eigenvalue weighted by atomic mass is 10.3. The van der Waals surface area contributed by atoms with Gasteiger partial charge in [-0.1, -0.05) is 0 Å². The summed E-state index contributed by atoms with van der Waals surface area (Å²) in [5, 5.41) is 8.86. The fourth-order valence-electron chi connectivity index (χ4n) is 2.43. The number of nitrogens with zero attached hydrogens (tertiary/aromatic N) is 4. The van der Waals surface area contributed by atoms with Crippen molar-refractivity contribution in [2.45, 2.75) is 20.0 Å². The fourth-order valence-corrected chi connectivity index (χ4v) is 2.43. The molecule has 1 aromatic heterocycles. The second-order valence-corrected chi connectivity index (χ2v) is 4.89. The summed E-state index contributed by atoms with van der Waals surface area (Å²) < 4.78 is 7.21. The molecular formula is C13H19N5O. The van der Waals surface area contributed by atoms with Gasteiger partial charge in [-0.15, -0.1) is 0 Å². The fraction of sp³-hybridized carbons (Fsp3) is 0.538. The van der Waals surface area contributed by atoms with E-state index in [4.69, 9.17) is 4.74 Å². The lowest BCUT2D eigenvalue weighted by Crippen LogP contribution is -2.49. The smallest absolute Gasteiger partial charge is 0.172 e. The first-order chi connectivity index (χ1) is 9.24. The van der Waals surface area contributed by atoms with Gasteiger partial charge in [0, 0.05) is 18.8 Å². The van der Waals surface area contributed by atoms with Crippen molar-refractivity contribution in [2.24, 2.45) is 5.10 Å². The molecule has 1 atom stereocenters. The van der Waals surface area contributed by atoms with Crippen LogP contribution in [0.15, 0.2) is 23.3 Å². The third-order valence-corrected chi connectivity index (χ3v) is 3.40. The molecule has 1 fully saturated rings. The lowest BCUT2D eigenvalue weighted by molar-refractivity contribution is 0.0194. The van der Waals surface area contributed by atoms with Crippen LogP contribution < -0.4 is 5.43 Å². The number of ether oxygens (including phenoxy) is 1. The van der Waals surface area contributed by atoms with E-state index in [0.29, 0.717) is 0 Å². The van der Waals surface area contributed by atoms with E-state index in [1.807, 2.05) is 30.7 Å². The van der Waals surface area contributed by atoms with Crippen molar-refractivity contribution in [3.05, 3.63) is 29.6 Å². The van der Waals surface area contributed by atoms with Gasteiger partial charge >= 0.3 is 0 Å². The topological polar surface area (TPSA) is 54.7 Å². The summed E-state index contributed by atoms with van der Waals surface area (Å²) in [6.07, 6.45) is 4.31.